The molecule has 6 nitrogen and oxygen atoms in total. The van der Waals surface area contributed by atoms with E-state index < -0.39 is 0 Å². The maximum absolute atomic E-state index is 12.8. The van der Waals surface area contributed by atoms with Gasteiger partial charge in [-0.25, -0.2) is 0 Å². The van der Waals surface area contributed by atoms with Crippen LogP contribution in [0.15, 0.2) is 47.0 Å². The number of ether oxygens (including phenoxy) is 1. The summed E-state index contributed by atoms with van der Waals surface area (Å²) >= 11 is 0. The first-order valence-corrected chi connectivity index (χ1v) is 10.4. The summed E-state index contributed by atoms with van der Waals surface area (Å²) in [6.07, 6.45) is 2.68. The first-order valence-electron chi connectivity index (χ1n) is 10.4. The summed E-state index contributed by atoms with van der Waals surface area (Å²) in [7, 11) is 0. The van der Waals surface area contributed by atoms with Crippen LogP contribution < -0.4 is 5.32 Å². The van der Waals surface area contributed by atoms with Gasteiger partial charge in [-0.2, -0.15) is 5.10 Å². The Morgan fingerprint density at radius 2 is 2.03 bits per heavy atom. The van der Waals surface area contributed by atoms with Gasteiger partial charge < -0.3 is 14.5 Å². The quantitative estimate of drug-likeness (QED) is 0.689. The fraction of sp³-hybridized carbons (Fsp3) is 0.417. The van der Waals surface area contributed by atoms with E-state index in [2.05, 4.69) is 44.4 Å². The zero-order valence-electron chi connectivity index (χ0n) is 18.1. The van der Waals surface area contributed by atoms with Crippen LogP contribution in [0.3, 0.4) is 0 Å². The Kier molecular flexibility index (Phi) is 5.52. The van der Waals surface area contributed by atoms with E-state index in [0.29, 0.717) is 24.5 Å². The van der Waals surface area contributed by atoms with Gasteiger partial charge in [-0.15, -0.1) is 0 Å². The van der Waals surface area contributed by atoms with Gasteiger partial charge in [-0.1, -0.05) is 51.1 Å². The third kappa shape index (κ3) is 4.33. The summed E-state index contributed by atoms with van der Waals surface area (Å²) in [5.41, 5.74) is 3.73. The first kappa shape index (κ1) is 20.4. The summed E-state index contributed by atoms with van der Waals surface area (Å²) < 4.78 is 13.7. The molecule has 1 aromatic carbocycles. The average Bonchev–Trinajstić information content (AvgIpc) is 3.30. The highest BCUT2D eigenvalue weighted by atomic mass is 16.5. The molecule has 1 atom stereocenters. The topological polar surface area (TPSA) is 69.3 Å². The average molecular weight is 408 g/mol. The van der Waals surface area contributed by atoms with Crippen LogP contribution in [0.5, 0.6) is 0 Å². The van der Waals surface area contributed by atoms with Crippen LogP contribution in [-0.2, 0) is 23.1 Å². The number of hydrogen-bond acceptors (Lipinski definition) is 4. The fourth-order valence-electron chi connectivity index (χ4n) is 3.70. The van der Waals surface area contributed by atoms with Crippen molar-refractivity contribution in [2.45, 2.75) is 52.2 Å². The lowest BCUT2D eigenvalue weighted by Crippen LogP contribution is -2.32. The van der Waals surface area contributed by atoms with Crippen LogP contribution in [0.4, 0.5) is 0 Å². The number of fused-ring (bicyclic) bond motifs is 1. The molecule has 4 rings (SSSR count). The molecule has 158 valence electrons. The fourth-order valence-corrected chi connectivity index (χ4v) is 3.70. The monoisotopic (exact) mass is 407 g/mol. The van der Waals surface area contributed by atoms with Crippen LogP contribution in [0.25, 0.3) is 0 Å². The number of carbonyl (C=O) groups excluding carboxylic acids is 1. The molecule has 2 aromatic heterocycles. The molecular weight excluding hydrogens is 378 g/mol. The zero-order chi connectivity index (χ0) is 21.3. The lowest BCUT2D eigenvalue weighted by molar-refractivity contribution is 0.0383. The molecule has 0 fully saturated rings. The molecule has 3 aromatic rings. The number of aromatic nitrogens is 2. The van der Waals surface area contributed by atoms with Gasteiger partial charge in [-0.05, 0) is 30.5 Å². The number of rotatable bonds is 5. The van der Waals surface area contributed by atoms with Crippen LogP contribution in [0.2, 0.25) is 0 Å². The minimum atomic E-state index is -0.246. The molecule has 0 aliphatic carbocycles. The number of nitrogens with zero attached hydrogens (tertiary/aromatic N) is 2. The molecule has 30 heavy (non-hydrogen) atoms. The van der Waals surface area contributed by atoms with Crippen LogP contribution in [-0.4, -0.2) is 28.8 Å². The minimum Gasteiger partial charge on any atom is -0.465 e. The maximum atomic E-state index is 12.8. The Hall–Kier alpha value is -2.86. The second-order valence-electron chi connectivity index (χ2n) is 8.87. The lowest BCUT2D eigenvalue weighted by atomic mass is 9.93. The van der Waals surface area contributed by atoms with Gasteiger partial charge in [0.25, 0.3) is 5.91 Å². The van der Waals surface area contributed by atoms with Crippen molar-refractivity contribution in [1.82, 2.24) is 15.1 Å². The molecule has 3 heterocycles. The number of furan rings is 1. The van der Waals surface area contributed by atoms with E-state index in [4.69, 9.17) is 14.3 Å². The molecule has 0 unspecified atom stereocenters. The third-order valence-electron chi connectivity index (χ3n) is 5.40. The van der Waals surface area contributed by atoms with Gasteiger partial charge in [0.1, 0.15) is 17.6 Å². The zero-order valence-corrected chi connectivity index (χ0v) is 18.1. The number of hydrogen-bond donors (Lipinski definition) is 1. The lowest BCUT2D eigenvalue weighted by Gasteiger charge is -2.22. The van der Waals surface area contributed by atoms with E-state index in [9.17, 15) is 4.79 Å². The molecule has 6 heteroatoms. The Bertz CT molecular complexity index is 1030. The Labute approximate surface area is 177 Å². The predicted octanol–water partition coefficient (Wildman–Crippen LogP) is 4.17. The van der Waals surface area contributed by atoms with E-state index in [1.165, 1.54) is 11.1 Å². The molecule has 1 amide bonds. The summed E-state index contributed by atoms with van der Waals surface area (Å²) in [6, 6.07) is 12.1. The van der Waals surface area contributed by atoms with Crippen molar-refractivity contribution in [2.75, 3.05) is 13.2 Å². The number of aryl methyl sites for hydroxylation is 1. The van der Waals surface area contributed by atoms with Gasteiger partial charge in [0.15, 0.2) is 0 Å². The van der Waals surface area contributed by atoms with Crippen LogP contribution >= 0.6 is 0 Å². The highest BCUT2D eigenvalue weighted by Gasteiger charge is 2.27. The number of amides is 1. The Morgan fingerprint density at radius 1 is 1.27 bits per heavy atom. The standard InChI is InChI=1S/C24H29N3O3/c1-16-19(12-21(30-16)24(2,3)4)23(28)25-13-20-22-18(10-11-29-20)15-27(26-22)14-17-8-6-5-7-9-17/h5-9,12,15,20H,10-11,13-14H2,1-4H3,(H,25,28)/t20-/m0/s1. The number of benzene rings is 1. The molecule has 1 aliphatic heterocycles. The van der Waals surface area contributed by atoms with E-state index in [-0.39, 0.29) is 17.4 Å². The molecule has 0 spiro atoms. The van der Waals surface area contributed by atoms with E-state index in [1.54, 1.807) is 0 Å². The summed E-state index contributed by atoms with van der Waals surface area (Å²) in [5.74, 6) is 1.29. The number of nitrogens with one attached hydrogen (secondary N) is 1. The summed E-state index contributed by atoms with van der Waals surface area (Å²) in [5, 5.41) is 7.75. The molecule has 0 saturated carbocycles. The van der Waals surface area contributed by atoms with E-state index >= 15 is 0 Å². The van der Waals surface area contributed by atoms with Gasteiger partial charge in [0, 0.05) is 18.2 Å². The van der Waals surface area contributed by atoms with Crippen molar-refractivity contribution in [3.8, 4) is 0 Å². The SMILES string of the molecule is Cc1oc(C(C)(C)C)cc1C(=O)NC[C@@H]1OCCc2cn(Cc3ccccc3)nc21. The largest absolute Gasteiger partial charge is 0.465 e. The van der Waals surface area contributed by atoms with Gasteiger partial charge in [0.2, 0.25) is 0 Å². The van der Waals surface area contributed by atoms with Crippen molar-refractivity contribution >= 4 is 5.91 Å². The highest BCUT2D eigenvalue weighted by Crippen LogP contribution is 2.28. The van der Waals surface area contributed by atoms with Crippen molar-refractivity contribution in [3.63, 3.8) is 0 Å². The normalized spacial score (nSPS) is 16.3. The van der Waals surface area contributed by atoms with E-state index in [1.807, 2.05) is 35.9 Å². The van der Waals surface area contributed by atoms with Gasteiger partial charge in [-0.3, -0.25) is 9.48 Å². The van der Waals surface area contributed by atoms with Crippen molar-refractivity contribution in [1.29, 1.82) is 0 Å². The second kappa shape index (κ2) is 8.11. The molecular formula is C24H29N3O3. The molecule has 1 N–H and O–H groups in total. The maximum Gasteiger partial charge on any atom is 0.254 e. The van der Waals surface area contributed by atoms with E-state index in [0.717, 1.165) is 24.4 Å². The predicted molar refractivity (Wildman–Crippen MR) is 115 cm³/mol. The van der Waals surface area contributed by atoms with Gasteiger partial charge in [0.05, 0.1) is 24.4 Å². The first-order chi connectivity index (χ1) is 14.3. The third-order valence-corrected chi connectivity index (χ3v) is 5.40. The second-order valence-corrected chi connectivity index (χ2v) is 8.87. The Balaban J connectivity index is 1.44. The van der Waals surface area contributed by atoms with Crippen molar-refractivity contribution in [3.05, 3.63) is 76.5 Å². The van der Waals surface area contributed by atoms with Gasteiger partial charge >= 0.3 is 0 Å². The number of carbonyl (C=O) groups is 1. The van der Waals surface area contributed by atoms with Crippen LogP contribution in [0.1, 0.15) is 65.6 Å². The summed E-state index contributed by atoms with van der Waals surface area (Å²) in [4.78, 5) is 12.8. The van der Waals surface area contributed by atoms with Crippen molar-refractivity contribution in [2.24, 2.45) is 0 Å². The highest BCUT2D eigenvalue weighted by molar-refractivity contribution is 5.95. The molecule has 0 bridgehead atoms. The van der Waals surface area contributed by atoms with Crippen molar-refractivity contribution < 1.29 is 13.9 Å². The Morgan fingerprint density at radius 3 is 2.73 bits per heavy atom. The molecule has 0 radical (unpaired) electrons. The molecule has 0 saturated heterocycles. The minimum absolute atomic E-state index is 0.143. The molecule has 1 aliphatic rings. The van der Waals surface area contributed by atoms with Crippen LogP contribution in [0, 0.1) is 6.92 Å². The smallest absolute Gasteiger partial charge is 0.254 e. The summed E-state index contributed by atoms with van der Waals surface area (Å²) in [6.45, 7) is 9.75.